The second-order valence-corrected chi connectivity index (χ2v) is 2.62. The summed E-state index contributed by atoms with van der Waals surface area (Å²) in [5, 5.41) is 0.985. The van der Waals surface area contributed by atoms with Crippen LogP contribution in [0.3, 0.4) is 0 Å². The summed E-state index contributed by atoms with van der Waals surface area (Å²) in [6, 6.07) is 6.83. The zero-order chi connectivity index (χ0) is 10.4. The van der Waals surface area contributed by atoms with Crippen molar-refractivity contribution in [2.24, 2.45) is 0 Å². The summed E-state index contributed by atoms with van der Waals surface area (Å²) in [7, 11) is 0. The van der Waals surface area contributed by atoms with Gasteiger partial charge in [-0.25, -0.2) is 4.39 Å². The Balaban J connectivity index is 2.68. The summed E-state index contributed by atoms with van der Waals surface area (Å²) in [6.45, 7) is 2.94. The lowest BCUT2D eigenvalue weighted by Crippen LogP contribution is -2.22. The Hall–Kier alpha value is -1.42. The maximum atomic E-state index is 11.8. The topological polar surface area (TPSA) is 29.5 Å². The predicted molar refractivity (Wildman–Crippen MR) is 51.4 cm³/mol. The lowest BCUT2D eigenvalue weighted by molar-refractivity contribution is -0.114. The van der Waals surface area contributed by atoms with Gasteiger partial charge in [0.05, 0.1) is 5.69 Å². The number of carbonyl (C=O) groups excluding carboxylic acids is 1. The van der Waals surface area contributed by atoms with Crippen LogP contribution in [-0.2, 0) is 9.63 Å². The van der Waals surface area contributed by atoms with E-state index in [1.807, 2.05) is 0 Å². The number of amides is 1. The Morgan fingerprint density at radius 1 is 1.43 bits per heavy atom. The van der Waals surface area contributed by atoms with E-state index in [9.17, 15) is 9.18 Å². The first kappa shape index (κ1) is 10.7. The van der Waals surface area contributed by atoms with Gasteiger partial charge >= 0.3 is 0 Å². The van der Waals surface area contributed by atoms with Crippen LogP contribution >= 0.6 is 0 Å². The van der Waals surface area contributed by atoms with Crippen LogP contribution in [0.15, 0.2) is 24.3 Å². The van der Waals surface area contributed by atoms with E-state index in [0.29, 0.717) is 12.1 Å². The van der Waals surface area contributed by atoms with Gasteiger partial charge in [0.2, 0.25) is 6.41 Å². The molecule has 1 aromatic carbocycles. The van der Waals surface area contributed by atoms with Gasteiger partial charge < -0.3 is 0 Å². The molecule has 0 aromatic heterocycles. The fourth-order valence-electron chi connectivity index (χ4n) is 0.942. The Kier molecular flexibility index (Phi) is 4.07. The number of halogens is 1. The van der Waals surface area contributed by atoms with Crippen LogP contribution in [0.25, 0.3) is 0 Å². The summed E-state index contributed by atoms with van der Waals surface area (Å²) in [4.78, 5) is 15.4. The van der Waals surface area contributed by atoms with Crippen molar-refractivity contribution in [3.8, 4) is 0 Å². The first-order valence-electron chi connectivity index (χ1n) is 4.13. The quantitative estimate of drug-likeness (QED) is 0.530. The van der Waals surface area contributed by atoms with Crippen molar-refractivity contribution >= 4 is 12.1 Å². The zero-order valence-electron chi connectivity index (χ0n) is 7.65. The third-order valence-electron chi connectivity index (χ3n) is 1.59. The fraction of sp³-hybridized carbons (Fsp3) is 0.200. The second kappa shape index (κ2) is 5.34. The van der Waals surface area contributed by atoms with E-state index in [-0.39, 0.29) is 6.61 Å². The highest BCUT2D eigenvalue weighted by Crippen LogP contribution is 2.13. The van der Waals surface area contributed by atoms with E-state index < -0.39 is 6.67 Å². The van der Waals surface area contributed by atoms with Crippen molar-refractivity contribution in [1.29, 1.82) is 0 Å². The van der Waals surface area contributed by atoms with Crippen LogP contribution in [-0.4, -0.2) is 19.7 Å². The van der Waals surface area contributed by atoms with E-state index in [0.717, 1.165) is 10.6 Å². The van der Waals surface area contributed by atoms with E-state index in [2.05, 4.69) is 6.92 Å². The first-order valence-corrected chi connectivity index (χ1v) is 4.13. The number of anilines is 1. The average Bonchev–Trinajstić information content (AvgIpc) is 2.21. The maximum Gasteiger partial charge on any atom is 0.238 e. The summed E-state index contributed by atoms with van der Waals surface area (Å²) < 4.78 is 11.8. The fourth-order valence-corrected chi connectivity index (χ4v) is 0.942. The molecule has 0 bridgehead atoms. The molecule has 0 saturated heterocycles. The van der Waals surface area contributed by atoms with Crippen LogP contribution in [0.5, 0.6) is 0 Å². The molecule has 0 atom stereocenters. The van der Waals surface area contributed by atoms with Gasteiger partial charge in [0.25, 0.3) is 0 Å². The van der Waals surface area contributed by atoms with E-state index >= 15 is 0 Å². The molecular formula is C10H11FNO2. The molecule has 0 spiro atoms. The molecule has 0 fully saturated rings. The van der Waals surface area contributed by atoms with Crippen LogP contribution < -0.4 is 5.06 Å². The molecule has 4 heteroatoms. The molecule has 0 heterocycles. The van der Waals surface area contributed by atoms with Crippen LogP contribution in [0.1, 0.15) is 5.56 Å². The van der Waals surface area contributed by atoms with Gasteiger partial charge in [-0.3, -0.25) is 9.63 Å². The molecule has 0 unspecified atom stereocenters. The summed E-state index contributed by atoms with van der Waals surface area (Å²) in [5.74, 6) is 0. The average molecular weight is 196 g/mol. The SMILES string of the molecule is [CH2]c1ccc(N(C=O)OCCF)cc1. The van der Waals surface area contributed by atoms with Gasteiger partial charge in [0.15, 0.2) is 0 Å². The van der Waals surface area contributed by atoms with Crippen molar-refractivity contribution in [2.75, 3.05) is 18.3 Å². The smallest absolute Gasteiger partial charge is 0.238 e. The third kappa shape index (κ3) is 2.81. The minimum Gasteiger partial charge on any atom is -0.276 e. The molecule has 75 valence electrons. The van der Waals surface area contributed by atoms with Gasteiger partial charge in [0, 0.05) is 0 Å². The predicted octanol–water partition coefficient (Wildman–Crippen LogP) is 1.73. The molecule has 1 aromatic rings. The highest BCUT2D eigenvalue weighted by atomic mass is 19.1. The molecule has 0 aliphatic heterocycles. The number of rotatable bonds is 5. The minimum atomic E-state index is -0.627. The number of carbonyl (C=O) groups is 1. The van der Waals surface area contributed by atoms with E-state index in [1.54, 1.807) is 24.3 Å². The van der Waals surface area contributed by atoms with Gasteiger partial charge in [-0.05, 0) is 24.6 Å². The molecule has 14 heavy (non-hydrogen) atoms. The Morgan fingerprint density at radius 2 is 2.07 bits per heavy atom. The monoisotopic (exact) mass is 196 g/mol. The van der Waals surface area contributed by atoms with E-state index in [4.69, 9.17) is 4.84 Å². The van der Waals surface area contributed by atoms with Crippen molar-refractivity contribution in [3.05, 3.63) is 36.8 Å². The zero-order valence-corrected chi connectivity index (χ0v) is 7.65. The molecule has 0 N–H and O–H groups in total. The summed E-state index contributed by atoms with van der Waals surface area (Å²) in [6.07, 6.45) is 0.494. The summed E-state index contributed by atoms with van der Waals surface area (Å²) >= 11 is 0. The van der Waals surface area contributed by atoms with Crippen LogP contribution in [0.2, 0.25) is 0 Å². The normalized spacial score (nSPS) is 9.86. The van der Waals surface area contributed by atoms with Gasteiger partial charge in [0.1, 0.15) is 13.3 Å². The number of hydrogen-bond acceptors (Lipinski definition) is 2. The Bertz CT molecular complexity index is 287. The van der Waals surface area contributed by atoms with Crippen LogP contribution in [0.4, 0.5) is 10.1 Å². The Labute approximate surface area is 82.0 Å². The highest BCUT2D eigenvalue weighted by Gasteiger charge is 2.04. The highest BCUT2D eigenvalue weighted by molar-refractivity contribution is 5.72. The van der Waals surface area contributed by atoms with Crippen molar-refractivity contribution < 1.29 is 14.0 Å². The molecule has 0 saturated carbocycles. The number of hydrogen-bond donors (Lipinski definition) is 0. The van der Waals surface area contributed by atoms with Crippen molar-refractivity contribution in [1.82, 2.24) is 0 Å². The molecule has 1 rings (SSSR count). The maximum absolute atomic E-state index is 11.8. The number of hydroxylamine groups is 1. The Morgan fingerprint density at radius 3 is 2.57 bits per heavy atom. The van der Waals surface area contributed by atoms with Crippen molar-refractivity contribution in [2.45, 2.75) is 0 Å². The molecule has 1 amide bonds. The number of nitrogens with zero attached hydrogens (tertiary/aromatic N) is 1. The largest absolute Gasteiger partial charge is 0.276 e. The molecule has 0 aliphatic rings. The minimum absolute atomic E-state index is 0.134. The molecule has 0 aliphatic carbocycles. The standard InChI is InChI=1S/C10H11FNO2/c1-9-2-4-10(5-3-9)12(8-13)14-7-6-11/h2-5,8H,1,6-7H2. The van der Waals surface area contributed by atoms with Gasteiger partial charge in [-0.1, -0.05) is 12.1 Å². The van der Waals surface area contributed by atoms with Gasteiger partial charge in [-0.15, -0.1) is 0 Å². The first-order chi connectivity index (χ1) is 6.77. The molecule has 1 radical (unpaired) electrons. The second-order valence-electron chi connectivity index (χ2n) is 2.62. The van der Waals surface area contributed by atoms with Gasteiger partial charge in [-0.2, -0.15) is 5.06 Å². The third-order valence-corrected chi connectivity index (χ3v) is 1.59. The number of benzene rings is 1. The lowest BCUT2D eigenvalue weighted by atomic mass is 10.2. The number of alkyl halides is 1. The van der Waals surface area contributed by atoms with Crippen LogP contribution in [0, 0.1) is 6.92 Å². The van der Waals surface area contributed by atoms with Crippen molar-refractivity contribution in [3.63, 3.8) is 0 Å². The van der Waals surface area contributed by atoms with E-state index in [1.165, 1.54) is 0 Å². The lowest BCUT2D eigenvalue weighted by Gasteiger charge is -2.15. The molecule has 3 nitrogen and oxygen atoms in total. The summed E-state index contributed by atoms with van der Waals surface area (Å²) in [5.41, 5.74) is 1.39. The molecular weight excluding hydrogens is 185 g/mol.